The average molecular weight is 123 g/mol. The third-order valence-corrected chi connectivity index (χ3v) is 1.29. The minimum Gasteiger partial charge on any atom is -0.306 e. The van der Waals surface area contributed by atoms with Crippen molar-refractivity contribution in [3.8, 4) is 12.3 Å². The van der Waals surface area contributed by atoms with Crippen LogP contribution in [0, 0.1) is 12.3 Å². The number of nitrogens with one attached hydrogen (secondary N) is 1. The standard InChI is InChI=1S/C7H9NO/c1-2-7(9)5-8-6-3-4-6/h1,6,8H,3-5H2. The monoisotopic (exact) mass is 123 g/mol. The zero-order chi connectivity index (χ0) is 6.69. The fourth-order valence-electron chi connectivity index (χ4n) is 0.576. The number of ketones is 1. The maximum absolute atomic E-state index is 10.4. The van der Waals surface area contributed by atoms with Crippen LogP contribution in [0.3, 0.4) is 0 Å². The van der Waals surface area contributed by atoms with Crippen molar-refractivity contribution in [2.45, 2.75) is 18.9 Å². The topological polar surface area (TPSA) is 29.1 Å². The predicted octanol–water partition coefficient (Wildman–Crippen LogP) is -0.0593. The number of rotatable bonds is 3. The zero-order valence-corrected chi connectivity index (χ0v) is 5.18. The Bertz CT molecular complexity index is 153. The van der Waals surface area contributed by atoms with Crippen LogP contribution in [-0.4, -0.2) is 18.4 Å². The van der Waals surface area contributed by atoms with Crippen LogP contribution in [0.25, 0.3) is 0 Å². The Labute approximate surface area is 54.6 Å². The van der Waals surface area contributed by atoms with E-state index < -0.39 is 0 Å². The third-order valence-electron chi connectivity index (χ3n) is 1.29. The largest absolute Gasteiger partial charge is 0.306 e. The summed E-state index contributed by atoms with van der Waals surface area (Å²) in [5.74, 6) is 1.90. The lowest BCUT2D eigenvalue weighted by Crippen LogP contribution is -2.23. The Hall–Kier alpha value is -0.810. The molecule has 0 aromatic carbocycles. The fourth-order valence-corrected chi connectivity index (χ4v) is 0.576. The van der Waals surface area contributed by atoms with Crippen molar-refractivity contribution < 1.29 is 4.79 Å². The van der Waals surface area contributed by atoms with Crippen molar-refractivity contribution in [2.24, 2.45) is 0 Å². The summed E-state index contributed by atoms with van der Waals surface area (Å²) in [6.07, 6.45) is 7.22. The van der Waals surface area contributed by atoms with E-state index in [9.17, 15) is 4.79 Å². The summed E-state index contributed by atoms with van der Waals surface area (Å²) in [5.41, 5.74) is 0. The average Bonchev–Trinajstić information content (AvgIpc) is 2.65. The quantitative estimate of drug-likeness (QED) is 0.421. The molecule has 48 valence electrons. The van der Waals surface area contributed by atoms with Gasteiger partial charge < -0.3 is 5.32 Å². The van der Waals surface area contributed by atoms with E-state index in [-0.39, 0.29) is 5.78 Å². The molecule has 0 aromatic heterocycles. The Morgan fingerprint density at radius 3 is 2.89 bits per heavy atom. The highest BCUT2D eigenvalue weighted by Gasteiger charge is 2.20. The van der Waals surface area contributed by atoms with Gasteiger partial charge in [-0.25, -0.2) is 0 Å². The molecule has 0 aromatic rings. The molecule has 2 heteroatoms. The molecule has 0 spiro atoms. The Balaban J connectivity index is 2.04. The van der Waals surface area contributed by atoms with Gasteiger partial charge in [-0.05, 0) is 18.8 Å². The van der Waals surface area contributed by atoms with Gasteiger partial charge in [-0.2, -0.15) is 0 Å². The minimum absolute atomic E-state index is 0.151. The zero-order valence-electron chi connectivity index (χ0n) is 5.18. The van der Waals surface area contributed by atoms with Crippen LogP contribution in [-0.2, 0) is 4.79 Å². The first kappa shape index (κ1) is 6.31. The minimum atomic E-state index is -0.151. The van der Waals surface area contributed by atoms with Crippen molar-refractivity contribution in [2.75, 3.05) is 6.54 Å². The van der Waals surface area contributed by atoms with Crippen molar-refractivity contribution in [1.82, 2.24) is 5.32 Å². The molecule has 1 saturated carbocycles. The van der Waals surface area contributed by atoms with Gasteiger partial charge in [0.1, 0.15) is 0 Å². The lowest BCUT2D eigenvalue weighted by Gasteiger charge is -1.93. The molecular weight excluding hydrogens is 114 g/mol. The molecule has 1 fully saturated rings. The summed E-state index contributed by atoms with van der Waals surface area (Å²) >= 11 is 0. The Morgan fingerprint density at radius 1 is 1.78 bits per heavy atom. The smallest absolute Gasteiger partial charge is 0.218 e. The molecular formula is C7H9NO. The van der Waals surface area contributed by atoms with Crippen LogP contribution >= 0.6 is 0 Å². The van der Waals surface area contributed by atoms with E-state index >= 15 is 0 Å². The van der Waals surface area contributed by atoms with Crippen LogP contribution in [0.1, 0.15) is 12.8 Å². The molecule has 1 aliphatic carbocycles. The molecule has 0 radical (unpaired) electrons. The summed E-state index contributed by atoms with van der Waals surface area (Å²) in [6.45, 7) is 0.348. The maximum atomic E-state index is 10.4. The summed E-state index contributed by atoms with van der Waals surface area (Å²) in [7, 11) is 0. The SMILES string of the molecule is C#CC(=O)CNC1CC1. The Morgan fingerprint density at radius 2 is 2.44 bits per heavy atom. The summed E-state index contributed by atoms with van der Waals surface area (Å²) < 4.78 is 0. The molecule has 9 heavy (non-hydrogen) atoms. The molecule has 0 aliphatic heterocycles. The van der Waals surface area contributed by atoms with Gasteiger partial charge in [0.25, 0.3) is 0 Å². The molecule has 0 atom stereocenters. The van der Waals surface area contributed by atoms with E-state index in [0.29, 0.717) is 12.6 Å². The van der Waals surface area contributed by atoms with Crippen molar-refractivity contribution in [3.05, 3.63) is 0 Å². The van der Waals surface area contributed by atoms with Gasteiger partial charge >= 0.3 is 0 Å². The van der Waals surface area contributed by atoms with Gasteiger partial charge in [-0.3, -0.25) is 4.79 Å². The molecule has 2 nitrogen and oxygen atoms in total. The lowest BCUT2D eigenvalue weighted by molar-refractivity contribution is -0.113. The first-order valence-electron chi connectivity index (χ1n) is 3.06. The molecule has 1 rings (SSSR count). The van der Waals surface area contributed by atoms with E-state index in [1.807, 2.05) is 5.92 Å². The number of carbonyl (C=O) groups is 1. The number of hydrogen-bond donors (Lipinski definition) is 1. The second-order valence-corrected chi connectivity index (χ2v) is 2.22. The molecule has 0 saturated heterocycles. The maximum Gasteiger partial charge on any atom is 0.218 e. The summed E-state index contributed by atoms with van der Waals surface area (Å²) in [5, 5.41) is 3.02. The highest BCUT2D eigenvalue weighted by atomic mass is 16.1. The van der Waals surface area contributed by atoms with E-state index in [2.05, 4.69) is 5.32 Å². The van der Waals surface area contributed by atoms with Crippen molar-refractivity contribution in [3.63, 3.8) is 0 Å². The second-order valence-electron chi connectivity index (χ2n) is 2.22. The molecule has 0 bridgehead atoms. The lowest BCUT2D eigenvalue weighted by atomic mass is 10.4. The van der Waals surface area contributed by atoms with Crippen LogP contribution in [0.5, 0.6) is 0 Å². The first-order valence-corrected chi connectivity index (χ1v) is 3.06. The van der Waals surface area contributed by atoms with Gasteiger partial charge in [0.05, 0.1) is 6.54 Å². The molecule has 0 heterocycles. The van der Waals surface area contributed by atoms with Crippen molar-refractivity contribution >= 4 is 5.78 Å². The van der Waals surface area contributed by atoms with Gasteiger partial charge in [0.15, 0.2) is 0 Å². The first-order chi connectivity index (χ1) is 4.33. The van der Waals surface area contributed by atoms with Gasteiger partial charge in [0, 0.05) is 6.04 Å². The van der Waals surface area contributed by atoms with Crippen LogP contribution in [0.4, 0.5) is 0 Å². The van der Waals surface area contributed by atoms with E-state index in [4.69, 9.17) is 6.42 Å². The molecule has 1 N–H and O–H groups in total. The third kappa shape index (κ3) is 2.29. The number of terminal acetylenes is 1. The van der Waals surface area contributed by atoms with E-state index in [1.54, 1.807) is 0 Å². The molecule has 1 aliphatic rings. The number of hydrogen-bond acceptors (Lipinski definition) is 2. The highest BCUT2D eigenvalue weighted by Crippen LogP contribution is 2.17. The number of carbonyl (C=O) groups excluding carboxylic acids is 1. The number of Topliss-reactive ketones (excluding diaryl/α,β-unsaturated/α-hetero) is 1. The highest BCUT2D eigenvalue weighted by molar-refractivity contribution is 5.96. The molecule has 0 unspecified atom stereocenters. The summed E-state index contributed by atoms with van der Waals surface area (Å²) in [6, 6.07) is 0.572. The van der Waals surface area contributed by atoms with Crippen LogP contribution in [0.15, 0.2) is 0 Å². The van der Waals surface area contributed by atoms with Crippen LogP contribution < -0.4 is 5.32 Å². The fraction of sp³-hybridized carbons (Fsp3) is 0.571. The normalized spacial score (nSPS) is 16.8. The Kier molecular flexibility index (Phi) is 1.86. The van der Waals surface area contributed by atoms with Gasteiger partial charge in [-0.15, -0.1) is 6.42 Å². The predicted molar refractivity (Wildman–Crippen MR) is 34.9 cm³/mol. The van der Waals surface area contributed by atoms with Crippen molar-refractivity contribution in [1.29, 1.82) is 0 Å². The molecule has 0 amide bonds. The van der Waals surface area contributed by atoms with Crippen LogP contribution in [0.2, 0.25) is 0 Å². The van der Waals surface area contributed by atoms with E-state index in [1.165, 1.54) is 12.8 Å². The van der Waals surface area contributed by atoms with Gasteiger partial charge in [0.2, 0.25) is 5.78 Å². The second kappa shape index (κ2) is 2.65. The van der Waals surface area contributed by atoms with Gasteiger partial charge in [-0.1, -0.05) is 0 Å². The summed E-state index contributed by atoms with van der Waals surface area (Å²) in [4.78, 5) is 10.4. The van der Waals surface area contributed by atoms with E-state index in [0.717, 1.165) is 0 Å².